The van der Waals surface area contributed by atoms with Gasteiger partial charge in [-0.05, 0) is 18.2 Å². The van der Waals surface area contributed by atoms with Gasteiger partial charge in [0.05, 0.1) is 16.1 Å². The van der Waals surface area contributed by atoms with Gasteiger partial charge in [-0.3, -0.25) is 24.6 Å². The Morgan fingerprint density at radius 3 is 2.08 bits per heavy atom. The first-order valence-corrected chi connectivity index (χ1v) is 8.99. The van der Waals surface area contributed by atoms with Gasteiger partial charge in [-0.25, -0.2) is 13.1 Å². The van der Waals surface area contributed by atoms with E-state index in [0.717, 1.165) is 17.0 Å². The molecule has 0 fully saturated rings. The number of hydrogen-bond acceptors (Lipinski definition) is 6. The number of para-hydroxylation sites is 1. The molecule has 1 heterocycles. The van der Waals surface area contributed by atoms with Crippen LogP contribution in [0.4, 0.5) is 5.69 Å². The van der Waals surface area contributed by atoms with Crippen LogP contribution in [-0.2, 0) is 10.0 Å². The van der Waals surface area contributed by atoms with Crippen LogP contribution in [0.2, 0.25) is 0 Å². The van der Waals surface area contributed by atoms with Gasteiger partial charge in [0.1, 0.15) is 0 Å². The fourth-order valence-corrected chi connectivity index (χ4v) is 3.84. The lowest BCUT2D eigenvalue weighted by atomic mass is 10.1. The molecule has 0 bridgehead atoms. The molecule has 134 valence electrons. The van der Waals surface area contributed by atoms with E-state index in [2.05, 4.69) is 4.72 Å². The standard InChI is InChI=1S/C16H13N3O6S/c20-15-11-5-1-2-6-12(11)16(21)18(15)10-9-17-26(24,25)14-8-4-3-7-13(14)19(22)23/h1-8,17H,9-10H2. The maximum atomic E-state index is 12.3. The maximum Gasteiger partial charge on any atom is 0.289 e. The summed E-state index contributed by atoms with van der Waals surface area (Å²) in [5, 5.41) is 11.0. The second-order valence-corrected chi connectivity index (χ2v) is 7.17. The zero-order chi connectivity index (χ0) is 18.9. The van der Waals surface area contributed by atoms with Gasteiger partial charge in [0.25, 0.3) is 17.5 Å². The number of carbonyl (C=O) groups is 2. The third-order valence-corrected chi connectivity index (χ3v) is 5.37. The van der Waals surface area contributed by atoms with Gasteiger partial charge >= 0.3 is 0 Å². The lowest BCUT2D eigenvalue weighted by molar-refractivity contribution is -0.387. The molecule has 26 heavy (non-hydrogen) atoms. The topological polar surface area (TPSA) is 127 Å². The van der Waals surface area contributed by atoms with Crippen molar-refractivity contribution >= 4 is 27.5 Å². The molecule has 10 heteroatoms. The van der Waals surface area contributed by atoms with E-state index in [0.29, 0.717) is 0 Å². The summed E-state index contributed by atoms with van der Waals surface area (Å²) < 4.78 is 26.8. The third-order valence-electron chi connectivity index (χ3n) is 3.86. The van der Waals surface area contributed by atoms with Crippen LogP contribution in [-0.4, -0.2) is 43.1 Å². The predicted octanol–water partition coefficient (Wildman–Crippen LogP) is 1.17. The molecule has 0 aliphatic carbocycles. The van der Waals surface area contributed by atoms with Gasteiger partial charge in [0, 0.05) is 19.2 Å². The number of imide groups is 1. The summed E-state index contributed by atoms with van der Waals surface area (Å²) in [7, 11) is -4.17. The fourth-order valence-electron chi connectivity index (χ4n) is 2.65. The molecule has 2 aromatic carbocycles. The monoisotopic (exact) mass is 375 g/mol. The summed E-state index contributed by atoms with van der Waals surface area (Å²) in [6, 6.07) is 11.2. The van der Waals surface area contributed by atoms with E-state index in [1.165, 1.54) is 24.3 Å². The fraction of sp³-hybridized carbons (Fsp3) is 0.125. The van der Waals surface area contributed by atoms with E-state index in [-0.39, 0.29) is 24.2 Å². The zero-order valence-corrected chi connectivity index (χ0v) is 14.1. The van der Waals surface area contributed by atoms with E-state index in [9.17, 15) is 28.1 Å². The third kappa shape index (κ3) is 3.07. The number of rotatable bonds is 6. The quantitative estimate of drug-likeness (QED) is 0.459. The summed E-state index contributed by atoms with van der Waals surface area (Å²) in [4.78, 5) is 35.1. The van der Waals surface area contributed by atoms with Gasteiger partial charge < -0.3 is 0 Å². The molecule has 0 atom stereocenters. The maximum absolute atomic E-state index is 12.3. The Morgan fingerprint density at radius 2 is 1.50 bits per heavy atom. The number of nitro benzene ring substituents is 1. The Labute approximate surface area is 148 Å². The molecule has 0 radical (unpaired) electrons. The van der Waals surface area contributed by atoms with Crippen LogP contribution in [0.25, 0.3) is 0 Å². The van der Waals surface area contributed by atoms with E-state index < -0.39 is 37.3 Å². The Balaban J connectivity index is 1.72. The van der Waals surface area contributed by atoms with Crippen LogP contribution in [0.1, 0.15) is 20.7 Å². The van der Waals surface area contributed by atoms with Crippen LogP contribution in [0.15, 0.2) is 53.4 Å². The second-order valence-electron chi connectivity index (χ2n) is 5.43. The minimum Gasteiger partial charge on any atom is -0.273 e. The zero-order valence-electron chi connectivity index (χ0n) is 13.3. The van der Waals surface area contributed by atoms with Gasteiger partial charge in [-0.15, -0.1) is 0 Å². The number of fused-ring (bicyclic) bond motifs is 1. The highest BCUT2D eigenvalue weighted by molar-refractivity contribution is 7.89. The normalized spacial score (nSPS) is 13.8. The van der Waals surface area contributed by atoms with Crippen molar-refractivity contribution in [2.45, 2.75) is 4.90 Å². The molecule has 3 rings (SSSR count). The average molecular weight is 375 g/mol. The van der Waals surface area contributed by atoms with Crippen LogP contribution >= 0.6 is 0 Å². The molecule has 0 saturated heterocycles. The highest BCUT2D eigenvalue weighted by Gasteiger charge is 2.35. The first-order chi connectivity index (χ1) is 12.3. The lowest BCUT2D eigenvalue weighted by Crippen LogP contribution is -2.38. The first-order valence-electron chi connectivity index (χ1n) is 7.51. The SMILES string of the molecule is O=C1c2ccccc2C(=O)N1CCNS(=O)(=O)c1ccccc1[N+](=O)[O-]. The predicted molar refractivity (Wildman–Crippen MR) is 90.1 cm³/mol. The molecular weight excluding hydrogens is 362 g/mol. The molecule has 0 spiro atoms. The number of nitro groups is 1. The molecule has 1 aliphatic heterocycles. The smallest absolute Gasteiger partial charge is 0.273 e. The second kappa shape index (κ2) is 6.65. The highest BCUT2D eigenvalue weighted by Crippen LogP contribution is 2.23. The van der Waals surface area contributed by atoms with Crippen LogP contribution in [0.5, 0.6) is 0 Å². The van der Waals surface area contributed by atoms with E-state index in [1.54, 1.807) is 12.1 Å². The summed E-state index contributed by atoms with van der Waals surface area (Å²) in [5.41, 5.74) is -0.0289. The molecule has 0 saturated carbocycles. The van der Waals surface area contributed by atoms with Crippen molar-refractivity contribution in [1.29, 1.82) is 0 Å². The summed E-state index contributed by atoms with van der Waals surface area (Å²) >= 11 is 0. The summed E-state index contributed by atoms with van der Waals surface area (Å²) in [5.74, 6) is -1.01. The van der Waals surface area contributed by atoms with Crippen molar-refractivity contribution < 1.29 is 22.9 Å². The number of nitrogens with zero attached hydrogens (tertiary/aromatic N) is 2. The number of benzene rings is 2. The van der Waals surface area contributed by atoms with Crippen molar-refractivity contribution in [3.63, 3.8) is 0 Å². The summed E-state index contributed by atoms with van der Waals surface area (Å²) in [6.45, 7) is -0.452. The van der Waals surface area contributed by atoms with Crippen LogP contribution in [0.3, 0.4) is 0 Å². The van der Waals surface area contributed by atoms with Gasteiger partial charge in [-0.1, -0.05) is 24.3 Å². The molecule has 2 amide bonds. The first kappa shape index (κ1) is 17.7. The van der Waals surface area contributed by atoms with Crippen molar-refractivity contribution in [2.75, 3.05) is 13.1 Å². The van der Waals surface area contributed by atoms with Crippen molar-refractivity contribution in [3.8, 4) is 0 Å². The minimum atomic E-state index is -4.17. The average Bonchev–Trinajstić information content (AvgIpc) is 2.87. The number of amides is 2. The number of carbonyl (C=O) groups excluding carboxylic acids is 2. The van der Waals surface area contributed by atoms with Gasteiger partial charge in [0.15, 0.2) is 4.90 Å². The minimum absolute atomic E-state index is 0.188. The Hall–Kier alpha value is -3.11. The Bertz CT molecular complexity index is 983. The number of sulfonamides is 1. The Kier molecular flexibility index (Phi) is 4.53. The molecule has 0 aromatic heterocycles. The molecule has 2 aromatic rings. The molecule has 1 N–H and O–H groups in total. The highest BCUT2D eigenvalue weighted by atomic mass is 32.2. The van der Waals surface area contributed by atoms with Gasteiger partial charge in [0.2, 0.25) is 10.0 Å². The molecule has 1 aliphatic rings. The van der Waals surface area contributed by atoms with Crippen molar-refractivity contribution in [1.82, 2.24) is 9.62 Å². The van der Waals surface area contributed by atoms with E-state index in [1.807, 2.05) is 0 Å². The summed E-state index contributed by atoms with van der Waals surface area (Å²) in [6.07, 6.45) is 0. The van der Waals surface area contributed by atoms with E-state index >= 15 is 0 Å². The van der Waals surface area contributed by atoms with Gasteiger partial charge in [-0.2, -0.15) is 0 Å². The van der Waals surface area contributed by atoms with Crippen molar-refractivity contribution in [2.24, 2.45) is 0 Å². The number of nitrogens with one attached hydrogen (secondary N) is 1. The molecular formula is C16H13N3O6S. The van der Waals surface area contributed by atoms with Crippen LogP contribution < -0.4 is 4.72 Å². The van der Waals surface area contributed by atoms with Crippen molar-refractivity contribution in [3.05, 3.63) is 69.8 Å². The largest absolute Gasteiger partial charge is 0.289 e. The van der Waals surface area contributed by atoms with Crippen LogP contribution in [0, 0.1) is 10.1 Å². The number of hydrogen-bond donors (Lipinski definition) is 1. The Morgan fingerprint density at radius 1 is 0.962 bits per heavy atom. The van der Waals surface area contributed by atoms with E-state index in [4.69, 9.17) is 0 Å². The lowest BCUT2D eigenvalue weighted by Gasteiger charge is -2.14. The molecule has 9 nitrogen and oxygen atoms in total. The molecule has 0 unspecified atom stereocenters.